The molecule has 0 aliphatic heterocycles. The number of hydrogen-bond donors (Lipinski definition) is 4. The topological polar surface area (TPSA) is 120 Å². The minimum Gasteiger partial charge on any atom is -0.465 e. The van der Waals surface area contributed by atoms with Crippen LogP contribution in [0.2, 0.25) is 0 Å². The fourth-order valence-corrected chi connectivity index (χ4v) is 2.84. The third-order valence-corrected chi connectivity index (χ3v) is 4.08. The number of fused-ring (bicyclic) bond motifs is 1. The molecule has 0 saturated carbocycles. The molecule has 3 aromatic heterocycles. The first-order chi connectivity index (χ1) is 13.5. The highest BCUT2D eigenvalue weighted by molar-refractivity contribution is 5.66. The molecule has 0 aliphatic rings. The van der Waals surface area contributed by atoms with Crippen LogP contribution in [0.15, 0.2) is 48.7 Å². The lowest BCUT2D eigenvalue weighted by molar-refractivity contribution is 0.191. The summed E-state index contributed by atoms with van der Waals surface area (Å²) < 4.78 is 15.0. The summed E-state index contributed by atoms with van der Waals surface area (Å²) in [5.74, 6) is 0.768. The van der Waals surface area contributed by atoms with Crippen molar-refractivity contribution in [2.45, 2.75) is 13.0 Å². The molecule has 1 amide bonds. The molecular weight excluding hydrogens is 365 g/mol. The number of nitrogens with one attached hydrogen (secondary N) is 3. The van der Waals surface area contributed by atoms with Crippen LogP contribution in [-0.4, -0.2) is 35.8 Å². The number of aromatic nitrogens is 5. The van der Waals surface area contributed by atoms with E-state index >= 15 is 0 Å². The van der Waals surface area contributed by atoms with Crippen molar-refractivity contribution in [1.82, 2.24) is 29.9 Å². The van der Waals surface area contributed by atoms with Gasteiger partial charge in [-0.25, -0.2) is 14.2 Å². The molecule has 4 aromatic rings. The Hall–Kier alpha value is -3.95. The predicted molar refractivity (Wildman–Crippen MR) is 99.0 cm³/mol. The number of carbonyl (C=O) groups is 1. The average Bonchev–Trinajstić information content (AvgIpc) is 3.29. The number of carboxylic acid groups (broad SMARTS) is 1. The maximum Gasteiger partial charge on any atom is 0.405 e. The molecular formula is C18H16FN7O2. The monoisotopic (exact) mass is 381 g/mol. The Bertz CT molecular complexity index is 1140. The molecule has 28 heavy (non-hydrogen) atoms. The number of H-pyrrole nitrogens is 1. The van der Waals surface area contributed by atoms with Gasteiger partial charge in [0.1, 0.15) is 17.5 Å². The molecule has 4 N–H and O–H groups in total. The molecule has 142 valence electrons. The first kappa shape index (κ1) is 17.5. The van der Waals surface area contributed by atoms with E-state index in [2.05, 4.69) is 30.8 Å². The minimum atomic E-state index is -1.24. The number of nitrogens with zero attached hydrogens (tertiary/aromatic N) is 4. The zero-order valence-electron chi connectivity index (χ0n) is 14.7. The molecule has 0 fully saturated rings. The molecule has 3 heterocycles. The zero-order chi connectivity index (χ0) is 19.7. The van der Waals surface area contributed by atoms with E-state index in [0.29, 0.717) is 23.0 Å². The van der Waals surface area contributed by atoms with Crippen molar-refractivity contribution in [2.75, 3.05) is 5.32 Å². The summed E-state index contributed by atoms with van der Waals surface area (Å²) >= 11 is 0. The molecule has 4 rings (SSSR count). The van der Waals surface area contributed by atoms with Crippen molar-refractivity contribution in [2.24, 2.45) is 0 Å². The van der Waals surface area contributed by atoms with Gasteiger partial charge in [-0.2, -0.15) is 10.1 Å². The zero-order valence-corrected chi connectivity index (χ0v) is 14.7. The van der Waals surface area contributed by atoms with Crippen LogP contribution in [0.1, 0.15) is 23.1 Å². The second kappa shape index (κ2) is 6.99. The van der Waals surface area contributed by atoms with Gasteiger partial charge >= 0.3 is 6.09 Å². The molecule has 0 spiro atoms. The Morgan fingerprint density at radius 2 is 2.04 bits per heavy atom. The van der Waals surface area contributed by atoms with Crippen molar-refractivity contribution in [3.63, 3.8) is 0 Å². The number of aryl methyl sites for hydroxylation is 1. The molecule has 1 aromatic carbocycles. The highest BCUT2D eigenvalue weighted by Gasteiger charge is 2.22. The normalized spacial score (nSPS) is 12.1. The van der Waals surface area contributed by atoms with Crippen LogP contribution in [0.5, 0.6) is 0 Å². The Kier molecular flexibility index (Phi) is 4.36. The summed E-state index contributed by atoms with van der Waals surface area (Å²) in [5.41, 5.74) is 1.96. The van der Waals surface area contributed by atoms with Gasteiger partial charge in [-0.15, -0.1) is 0 Å². The van der Waals surface area contributed by atoms with Crippen LogP contribution in [0.4, 0.5) is 21.0 Å². The maximum absolute atomic E-state index is 13.3. The Morgan fingerprint density at radius 3 is 2.71 bits per heavy atom. The van der Waals surface area contributed by atoms with Crippen LogP contribution < -0.4 is 10.6 Å². The first-order valence-electron chi connectivity index (χ1n) is 8.38. The van der Waals surface area contributed by atoms with Gasteiger partial charge < -0.3 is 15.7 Å². The molecule has 1 unspecified atom stereocenters. The third-order valence-electron chi connectivity index (χ3n) is 4.08. The van der Waals surface area contributed by atoms with Crippen molar-refractivity contribution >= 4 is 23.5 Å². The molecule has 0 saturated heterocycles. The number of amides is 1. The summed E-state index contributed by atoms with van der Waals surface area (Å²) in [6, 6.07) is 10.0. The third kappa shape index (κ3) is 3.47. The number of benzene rings is 1. The Balaban J connectivity index is 1.80. The van der Waals surface area contributed by atoms with E-state index in [1.165, 1.54) is 24.3 Å². The smallest absolute Gasteiger partial charge is 0.405 e. The second-order valence-corrected chi connectivity index (χ2v) is 6.14. The van der Waals surface area contributed by atoms with Crippen LogP contribution >= 0.6 is 0 Å². The van der Waals surface area contributed by atoms with Crippen LogP contribution in [0, 0.1) is 12.7 Å². The molecule has 0 aliphatic carbocycles. The summed E-state index contributed by atoms with van der Waals surface area (Å²) in [4.78, 5) is 20.3. The van der Waals surface area contributed by atoms with E-state index in [1.54, 1.807) is 22.7 Å². The van der Waals surface area contributed by atoms with Crippen LogP contribution in [-0.2, 0) is 0 Å². The number of halogens is 1. The van der Waals surface area contributed by atoms with Gasteiger partial charge in [-0.3, -0.25) is 9.50 Å². The van der Waals surface area contributed by atoms with E-state index in [9.17, 15) is 14.3 Å². The highest BCUT2D eigenvalue weighted by Crippen LogP contribution is 2.23. The van der Waals surface area contributed by atoms with E-state index in [-0.39, 0.29) is 5.82 Å². The minimum absolute atomic E-state index is 0.218. The number of hydrogen-bond acceptors (Lipinski definition) is 5. The SMILES string of the molecule is Cc1cc(Nc2nc(C(NC(=O)O)c3ccc(F)cc3)nc3cccn23)n[nH]1. The number of anilines is 2. The standard InChI is InChI=1S/C18H16FN7O2/c1-10-9-13(25-24-10)20-17-23-16(21-14-3-2-8-26(14)17)15(22-18(27)28)11-4-6-12(19)7-5-11/h2-9,15,22H,1H3,(H,27,28)(H2,20,21,23,24,25). The van der Waals surface area contributed by atoms with Gasteiger partial charge in [0.2, 0.25) is 5.95 Å². The van der Waals surface area contributed by atoms with E-state index in [1.807, 2.05) is 13.0 Å². The summed E-state index contributed by atoms with van der Waals surface area (Å²) in [5, 5.41) is 21.7. The van der Waals surface area contributed by atoms with E-state index in [0.717, 1.165) is 5.69 Å². The molecule has 0 radical (unpaired) electrons. The van der Waals surface area contributed by atoms with Gasteiger partial charge in [-0.1, -0.05) is 12.1 Å². The van der Waals surface area contributed by atoms with E-state index < -0.39 is 18.0 Å². The molecule has 10 heteroatoms. The maximum atomic E-state index is 13.3. The van der Waals surface area contributed by atoms with Gasteiger partial charge in [-0.05, 0) is 36.8 Å². The predicted octanol–water partition coefficient (Wildman–Crippen LogP) is 3.00. The molecule has 9 nitrogen and oxygen atoms in total. The van der Waals surface area contributed by atoms with Gasteiger partial charge in [0, 0.05) is 18.0 Å². The fraction of sp³-hybridized carbons (Fsp3) is 0.111. The first-order valence-corrected chi connectivity index (χ1v) is 8.38. The summed E-state index contributed by atoms with van der Waals surface area (Å²) in [7, 11) is 0. The summed E-state index contributed by atoms with van der Waals surface area (Å²) in [6.45, 7) is 1.87. The Morgan fingerprint density at radius 1 is 1.25 bits per heavy atom. The number of aromatic amines is 1. The largest absolute Gasteiger partial charge is 0.465 e. The van der Waals surface area contributed by atoms with Crippen molar-refractivity contribution < 1.29 is 14.3 Å². The highest BCUT2D eigenvalue weighted by atomic mass is 19.1. The fourth-order valence-electron chi connectivity index (χ4n) is 2.84. The lowest BCUT2D eigenvalue weighted by atomic mass is 10.1. The van der Waals surface area contributed by atoms with Gasteiger partial charge in [0.15, 0.2) is 11.6 Å². The summed E-state index contributed by atoms with van der Waals surface area (Å²) in [6.07, 6.45) is 0.531. The van der Waals surface area contributed by atoms with Gasteiger partial charge in [0.05, 0.1) is 0 Å². The van der Waals surface area contributed by atoms with E-state index in [4.69, 9.17) is 0 Å². The molecule has 1 atom stereocenters. The lowest BCUT2D eigenvalue weighted by Crippen LogP contribution is -2.29. The van der Waals surface area contributed by atoms with Crippen LogP contribution in [0.3, 0.4) is 0 Å². The van der Waals surface area contributed by atoms with Crippen molar-refractivity contribution in [3.05, 3.63) is 71.6 Å². The van der Waals surface area contributed by atoms with Crippen molar-refractivity contribution in [1.29, 1.82) is 0 Å². The lowest BCUT2D eigenvalue weighted by Gasteiger charge is -2.18. The van der Waals surface area contributed by atoms with Crippen LogP contribution in [0.25, 0.3) is 5.65 Å². The molecule has 0 bridgehead atoms. The number of rotatable bonds is 5. The van der Waals surface area contributed by atoms with Crippen molar-refractivity contribution in [3.8, 4) is 0 Å². The second-order valence-electron chi connectivity index (χ2n) is 6.14. The quantitative estimate of drug-likeness (QED) is 0.422. The Labute approximate surface area is 158 Å². The van der Waals surface area contributed by atoms with Gasteiger partial charge in [0.25, 0.3) is 0 Å². The average molecular weight is 381 g/mol.